The molecule has 0 aromatic carbocycles. The molecule has 13 heavy (non-hydrogen) atoms. The second-order valence-electron chi connectivity index (χ2n) is 3.36. The molecule has 0 unspecified atom stereocenters. The molecule has 0 bridgehead atoms. The zero-order valence-electron chi connectivity index (χ0n) is 7.95. The van der Waals surface area contributed by atoms with E-state index in [4.69, 9.17) is 0 Å². The third-order valence-electron chi connectivity index (χ3n) is 2.32. The Morgan fingerprint density at radius 2 is 2.62 bits per heavy atom. The fourth-order valence-electron chi connectivity index (χ4n) is 1.57. The molecule has 2 heterocycles. The molecule has 0 aliphatic carbocycles. The van der Waals surface area contributed by atoms with Gasteiger partial charge >= 0.3 is 0 Å². The van der Waals surface area contributed by atoms with Crippen molar-refractivity contribution in [1.29, 1.82) is 0 Å². The molecule has 1 aromatic rings. The minimum absolute atomic E-state index is 0.946. The van der Waals surface area contributed by atoms with E-state index >= 15 is 0 Å². The van der Waals surface area contributed by atoms with E-state index in [0.29, 0.717) is 0 Å². The maximum absolute atomic E-state index is 4.23. The lowest BCUT2D eigenvalue weighted by atomic mass is 10.2. The summed E-state index contributed by atoms with van der Waals surface area (Å²) in [6.45, 7) is 5.20. The van der Waals surface area contributed by atoms with Gasteiger partial charge in [0.05, 0.1) is 6.20 Å². The van der Waals surface area contributed by atoms with Crippen molar-refractivity contribution in [2.24, 2.45) is 0 Å². The molecule has 3 nitrogen and oxygen atoms in total. The Labute approximate surface area is 78.4 Å². The maximum atomic E-state index is 4.23. The summed E-state index contributed by atoms with van der Waals surface area (Å²) >= 11 is 0. The lowest BCUT2D eigenvalue weighted by Gasteiger charge is -1.92. The quantitative estimate of drug-likeness (QED) is 0.737. The van der Waals surface area contributed by atoms with Crippen LogP contribution < -0.4 is 5.32 Å². The number of nitrogens with one attached hydrogen (secondary N) is 1. The fourth-order valence-corrected chi connectivity index (χ4v) is 1.57. The van der Waals surface area contributed by atoms with Crippen LogP contribution in [0.3, 0.4) is 0 Å². The predicted molar refractivity (Wildman–Crippen MR) is 53.4 cm³/mol. The normalized spacial score (nSPS) is 19.9. The van der Waals surface area contributed by atoms with Gasteiger partial charge in [0.2, 0.25) is 0 Å². The highest BCUT2D eigenvalue weighted by Crippen LogP contribution is 2.11. The summed E-state index contributed by atoms with van der Waals surface area (Å²) in [7, 11) is 0. The van der Waals surface area contributed by atoms with Gasteiger partial charge in [-0.1, -0.05) is 11.6 Å². The van der Waals surface area contributed by atoms with E-state index in [9.17, 15) is 0 Å². The monoisotopic (exact) mass is 177 g/mol. The van der Waals surface area contributed by atoms with Crippen LogP contribution >= 0.6 is 0 Å². The number of nitrogens with zero attached hydrogens (tertiary/aromatic N) is 2. The molecular weight excluding hydrogens is 162 g/mol. The molecule has 1 aliphatic heterocycles. The van der Waals surface area contributed by atoms with E-state index in [2.05, 4.69) is 29.6 Å². The van der Waals surface area contributed by atoms with Crippen LogP contribution in [-0.4, -0.2) is 22.9 Å². The van der Waals surface area contributed by atoms with Gasteiger partial charge in [0.1, 0.15) is 0 Å². The summed E-state index contributed by atoms with van der Waals surface area (Å²) in [6.07, 6.45) is 7.43. The highest BCUT2D eigenvalue weighted by atomic mass is 15.3. The second-order valence-corrected chi connectivity index (χ2v) is 3.36. The van der Waals surface area contributed by atoms with Gasteiger partial charge in [-0.25, -0.2) is 0 Å². The van der Waals surface area contributed by atoms with Crippen LogP contribution in [0.5, 0.6) is 0 Å². The molecule has 0 atom stereocenters. The van der Waals surface area contributed by atoms with Crippen molar-refractivity contribution in [2.75, 3.05) is 13.1 Å². The van der Waals surface area contributed by atoms with E-state index in [1.165, 1.54) is 17.6 Å². The van der Waals surface area contributed by atoms with Crippen molar-refractivity contribution in [3.63, 3.8) is 0 Å². The van der Waals surface area contributed by atoms with Crippen LogP contribution in [0.4, 0.5) is 0 Å². The van der Waals surface area contributed by atoms with Crippen molar-refractivity contribution in [3.05, 3.63) is 23.5 Å². The lowest BCUT2D eigenvalue weighted by Crippen LogP contribution is -2.04. The van der Waals surface area contributed by atoms with E-state index in [0.717, 1.165) is 19.6 Å². The maximum Gasteiger partial charge on any atom is 0.0562 e. The third kappa shape index (κ3) is 1.98. The average Bonchev–Trinajstić information content (AvgIpc) is 2.76. The molecule has 2 rings (SSSR count). The second kappa shape index (κ2) is 3.75. The molecule has 1 saturated heterocycles. The van der Waals surface area contributed by atoms with Gasteiger partial charge in [-0.2, -0.15) is 5.10 Å². The fraction of sp³-hybridized carbons (Fsp3) is 0.500. The highest BCUT2D eigenvalue weighted by molar-refractivity contribution is 5.52. The van der Waals surface area contributed by atoms with Crippen LogP contribution in [0, 0.1) is 0 Å². The van der Waals surface area contributed by atoms with Gasteiger partial charge in [0, 0.05) is 24.8 Å². The first kappa shape index (κ1) is 8.51. The largest absolute Gasteiger partial charge is 0.313 e. The molecule has 0 saturated carbocycles. The van der Waals surface area contributed by atoms with Crippen molar-refractivity contribution < 1.29 is 0 Å². The van der Waals surface area contributed by atoms with Crippen molar-refractivity contribution in [2.45, 2.75) is 19.9 Å². The highest BCUT2D eigenvalue weighted by Gasteiger charge is 2.05. The van der Waals surface area contributed by atoms with Crippen LogP contribution in [0.25, 0.3) is 6.08 Å². The molecule has 1 aliphatic rings. The number of aromatic nitrogens is 2. The average molecular weight is 177 g/mol. The van der Waals surface area contributed by atoms with Crippen LogP contribution in [0.1, 0.15) is 18.9 Å². The Kier molecular flexibility index (Phi) is 2.45. The molecule has 0 spiro atoms. The van der Waals surface area contributed by atoms with E-state index in [-0.39, 0.29) is 0 Å². The topological polar surface area (TPSA) is 29.9 Å². The van der Waals surface area contributed by atoms with Crippen molar-refractivity contribution in [3.8, 4) is 0 Å². The molecule has 1 fully saturated rings. The molecule has 3 heteroatoms. The lowest BCUT2D eigenvalue weighted by molar-refractivity contribution is 0.660. The molecule has 0 amide bonds. The standard InChI is InChI=1S/C10H15N3/c1-2-13-8-10(7-12-13)5-9-3-4-11-6-9/h5,7-8,11H,2-4,6H2,1H3. The van der Waals surface area contributed by atoms with Crippen LogP contribution in [0.2, 0.25) is 0 Å². The van der Waals surface area contributed by atoms with Gasteiger partial charge in [0.25, 0.3) is 0 Å². The first-order chi connectivity index (χ1) is 6.38. The minimum atomic E-state index is 0.946. The SMILES string of the molecule is CCn1cc(C=C2CCNC2)cn1. The molecule has 0 radical (unpaired) electrons. The Bertz CT molecular complexity index is 304. The Morgan fingerprint density at radius 1 is 1.69 bits per heavy atom. The predicted octanol–water partition coefficient (Wildman–Crippen LogP) is 1.28. The Balaban J connectivity index is 2.11. The molecule has 70 valence electrons. The molecule has 1 N–H and O–H groups in total. The number of aryl methyl sites for hydroxylation is 1. The molecular formula is C10H15N3. The van der Waals surface area contributed by atoms with E-state index in [1.54, 1.807) is 0 Å². The first-order valence-electron chi connectivity index (χ1n) is 4.81. The van der Waals surface area contributed by atoms with Crippen LogP contribution in [-0.2, 0) is 6.54 Å². The van der Waals surface area contributed by atoms with E-state index in [1.807, 2.05) is 10.9 Å². The zero-order valence-corrected chi connectivity index (χ0v) is 7.95. The van der Waals surface area contributed by atoms with Crippen molar-refractivity contribution in [1.82, 2.24) is 15.1 Å². The Morgan fingerprint density at radius 3 is 3.23 bits per heavy atom. The summed E-state index contributed by atoms with van der Waals surface area (Å²) in [5.74, 6) is 0. The van der Waals surface area contributed by atoms with E-state index < -0.39 is 0 Å². The van der Waals surface area contributed by atoms with Gasteiger partial charge in [-0.05, 0) is 19.9 Å². The molecule has 1 aromatic heterocycles. The summed E-state index contributed by atoms with van der Waals surface area (Å²) in [4.78, 5) is 0. The third-order valence-corrected chi connectivity index (χ3v) is 2.32. The van der Waals surface area contributed by atoms with Gasteiger partial charge in [-0.15, -0.1) is 0 Å². The van der Waals surface area contributed by atoms with Crippen LogP contribution in [0.15, 0.2) is 18.0 Å². The van der Waals surface area contributed by atoms with Crippen molar-refractivity contribution >= 4 is 6.08 Å². The number of rotatable bonds is 2. The first-order valence-corrected chi connectivity index (χ1v) is 4.81. The Hall–Kier alpha value is -1.09. The summed E-state index contributed by atoms with van der Waals surface area (Å²) in [5.41, 5.74) is 2.70. The zero-order chi connectivity index (χ0) is 9.10. The number of hydrogen-bond donors (Lipinski definition) is 1. The summed E-state index contributed by atoms with van der Waals surface area (Å²) in [5, 5.41) is 7.55. The number of hydrogen-bond acceptors (Lipinski definition) is 2. The van der Waals surface area contributed by atoms with Gasteiger partial charge in [-0.3, -0.25) is 4.68 Å². The minimum Gasteiger partial charge on any atom is -0.313 e. The summed E-state index contributed by atoms with van der Waals surface area (Å²) in [6, 6.07) is 0. The smallest absolute Gasteiger partial charge is 0.0562 e. The van der Waals surface area contributed by atoms with Gasteiger partial charge in [0.15, 0.2) is 0 Å². The van der Waals surface area contributed by atoms with Gasteiger partial charge < -0.3 is 5.32 Å². The summed E-state index contributed by atoms with van der Waals surface area (Å²) < 4.78 is 1.95.